The van der Waals surface area contributed by atoms with Crippen LogP contribution in [0.2, 0.25) is 10.0 Å². The molecule has 1 unspecified atom stereocenters. The predicted molar refractivity (Wildman–Crippen MR) is 82.8 cm³/mol. The Bertz CT molecular complexity index is 607. The Hall–Kier alpha value is -1.10. The summed E-state index contributed by atoms with van der Waals surface area (Å²) in [6.07, 6.45) is 5.30. The van der Waals surface area contributed by atoms with Crippen molar-refractivity contribution in [2.75, 3.05) is 6.54 Å². The largest absolute Gasteiger partial charge is 0.338 e. The molecule has 1 saturated heterocycles. The molecule has 0 radical (unpaired) electrons. The van der Waals surface area contributed by atoms with Crippen LogP contribution in [0.15, 0.2) is 22.7 Å². The summed E-state index contributed by atoms with van der Waals surface area (Å²) in [7, 11) is 0. The van der Waals surface area contributed by atoms with E-state index in [0.717, 1.165) is 18.5 Å². The molecule has 21 heavy (non-hydrogen) atoms. The molecule has 1 aromatic carbocycles. The Kier molecular flexibility index (Phi) is 4.78. The van der Waals surface area contributed by atoms with Crippen LogP contribution in [0.4, 0.5) is 0 Å². The fourth-order valence-electron chi connectivity index (χ4n) is 2.55. The van der Waals surface area contributed by atoms with Gasteiger partial charge in [-0.1, -0.05) is 47.3 Å². The van der Waals surface area contributed by atoms with Gasteiger partial charge in [-0.3, -0.25) is 0 Å². The van der Waals surface area contributed by atoms with Crippen LogP contribution >= 0.6 is 23.2 Å². The normalized spacial score (nSPS) is 19.4. The lowest BCUT2D eigenvalue weighted by Crippen LogP contribution is -2.20. The maximum atomic E-state index is 6.02. The van der Waals surface area contributed by atoms with Crippen molar-refractivity contribution in [3.05, 3.63) is 45.5 Å². The number of hydrogen-bond acceptors (Lipinski definition) is 4. The Balaban J connectivity index is 1.70. The minimum Gasteiger partial charge on any atom is -0.338 e. The molecule has 6 heteroatoms. The van der Waals surface area contributed by atoms with Gasteiger partial charge in [-0.2, -0.15) is 4.98 Å². The maximum absolute atomic E-state index is 6.02. The molecule has 0 spiro atoms. The zero-order chi connectivity index (χ0) is 14.7. The molecule has 0 bridgehead atoms. The van der Waals surface area contributed by atoms with E-state index in [9.17, 15) is 0 Å². The second-order valence-electron chi connectivity index (χ2n) is 5.33. The van der Waals surface area contributed by atoms with Gasteiger partial charge in [0.25, 0.3) is 0 Å². The van der Waals surface area contributed by atoms with E-state index in [1.54, 1.807) is 6.07 Å². The third-order valence-corrected chi connectivity index (χ3v) is 4.43. The van der Waals surface area contributed by atoms with Gasteiger partial charge >= 0.3 is 0 Å². The average Bonchev–Trinajstić information content (AvgIpc) is 2.76. The van der Waals surface area contributed by atoms with Crippen molar-refractivity contribution in [2.45, 2.75) is 38.1 Å². The summed E-state index contributed by atoms with van der Waals surface area (Å²) < 4.78 is 5.40. The van der Waals surface area contributed by atoms with Crippen LogP contribution in [-0.4, -0.2) is 16.7 Å². The fraction of sp³-hybridized carbons (Fsp3) is 0.467. The van der Waals surface area contributed by atoms with E-state index in [2.05, 4.69) is 15.5 Å². The third kappa shape index (κ3) is 3.76. The number of rotatable bonds is 3. The second-order valence-corrected chi connectivity index (χ2v) is 6.14. The molecular weight excluding hydrogens is 309 g/mol. The van der Waals surface area contributed by atoms with Gasteiger partial charge in [0.15, 0.2) is 5.82 Å². The first kappa shape index (κ1) is 14.8. The zero-order valence-electron chi connectivity index (χ0n) is 11.6. The van der Waals surface area contributed by atoms with Crippen molar-refractivity contribution < 1.29 is 4.52 Å². The summed E-state index contributed by atoms with van der Waals surface area (Å²) in [4.78, 5) is 4.51. The smallest absolute Gasteiger partial charge is 0.243 e. The summed E-state index contributed by atoms with van der Waals surface area (Å²) in [6, 6.07) is 5.73. The lowest BCUT2D eigenvalue weighted by Gasteiger charge is -2.09. The van der Waals surface area contributed by atoms with Crippen molar-refractivity contribution in [1.82, 2.24) is 15.5 Å². The molecule has 1 aromatic heterocycles. The minimum atomic E-state index is 0.183. The van der Waals surface area contributed by atoms with E-state index in [1.165, 1.54) is 19.3 Å². The number of benzene rings is 1. The Morgan fingerprint density at radius 1 is 1.19 bits per heavy atom. The number of nitrogens with one attached hydrogen (secondary N) is 1. The van der Waals surface area contributed by atoms with Gasteiger partial charge < -0.3 is 9.84 Å². The Morgan fingerprint density at radius 2 is 2.10 bits per heavy atom. The van der Waals surface area contributed by atoms with Crippen LogP contribution in [0.25, 0.3) is 0 Å². The Morgan fingerprint density at radius 3 is 2.95 bits per heavy atom. The van der Waals surface area contributed by atoms with Crippen LogP contribution in [0.5, 0.6) is 0 Å². The topological polar surface area (TPSA) is 51.0 Å². The molecule has 0 aliphatic carbocycles. The van der Waals surface area contributed by atoms with Gasteiger partial charge in [0.05, 0.1) is 16.1 Å². The minimum absolute atomic E-state index is 0.183. The van der Waals surface area contributed by atoms with E-state index in [1.807, 2.05) is 12.1 Å². The van der Waals surface area contributed by atoms with Crippen molar-refractivity contribution in [3.63, 3.8) is 0 Å². The molecule has 1 N–H and O–H groups in total. The molecule has 4 nitrogen and oxygen atoms in total. The van der Waals surface area contributed by atoms with E-state index in [0.29, 0.717) is 28.2 Å². The summed E-state index contributed by atoms with van der Waals surface area (Å²) in [5, 5.41) is 8.62. The molecule has 2 aromatic rings. The highest BCUT2D eigenvalue weighted by Gasteiger charge is 2.20. The Labute approximate surface area is 133 Å². The molecule has 0 saturated carbocycles. The van der Waals surface area contributed by atoms with Crippen molar-refractivity contribution in [3.8, 4) is 0 Å². The first-order valence-electron chi connectivity index (χ1n) is 7.22. The molecular formula is C15H17Cl2N3O. The van der Waals surface area contributed by atoms with Gasteiger partial charge in [0.1, 0.15) is 0 Å². The number of halogens is 2. The third-order valence-electron chi connectivity index (χ3n) is 3.69. The second kappa shape index (κ2) is 6.77. The molecule has 0 amide bonds. The highest BCUT2D eigenvalue weighted by molar-refractivity contribution is 6.42. The zero-order valence-corrected chi connectivity index (χ0v) is 13.1. The van der Waals surface area contributed by atoms with E-state index in [4.69, 9.17) is 27.7 Å². The SMILES string of the molecule is Clc1ccc(Cc2noc(C3CCCCCN3)n2)cc1Cl. The summed E-state index contributed by atoms with van der Waals surface area (Å²) in [5.41, 5.74) is 1.02. The van der Waals surface area contributed by atoms with Gasteiger partial charge in [0, 0.05) is 6.42 Å². The number of hydrogen-bond donors (Lipinski definition) is 1. The predicted octanol–water partition coefficient (Wildman–Crippen LogP) is 4.17. The van der Waals surface area contributed by atoms with Crippen molar-refractivity contribution in [1.29, 1.82) is 0 Å². The maximum Gasteiger partial charge on any atom is 0.243 e. The quantitative estimate of drug-likeness (QED) is 0.920. The average molecular weight is 326 g/mol. The van der Waals surface area contributed by atoms with Crippen molar-refractivity contribution >= 4 is 23.2 Å². The molecule has 112 valence electrons. The lowest BCUT2D eigenvalue weighted by molar-refractivity contribution is 0.325. The molecule has 1 fully saturated rings. The fourth-order valence-corrected chi connectivity index (χ4v) is 2.87. The monoisotopic (exact) mass is 325 g/mol. The van der Waals surface area contributed by atoms with Gasteiger partial charge in [-0.25, -0.2) is 0 Å². The highest BCUT2D eigenvalue weighted by Crippen LogP contribution is 2.24. The lowest BCUT2D eigenvalue weighted by atomic mass is 10.1. The van der Waals surface area contributed by atoms with Crippen LogP contribution in [0.1, 0.15) is 49.0 Å². The summed E-state index contributed by atoms with van der Waals surface area (Å²) in [5.74, 6) is 1.36. The van der Waals surface area contributed by atoms with E-state index >= 15 is 0 Å². The van der Waals surface area contributed by atoms with Crippen LogP contribution in [0.3, 0.4) is 0 Å². The molecule has 1 aliphatic rings. The van der Waals surface area contributed by atoms with Crippen LogP contribution in [0, 0.1) is 0 Å². The summed E-state index contributed by atoms with van der Waals surface area (Å²) in [6.45, 7) is 1.01. The van der Waals surface area contributed by atoms with Gasteiger partial charge in [0.2, 0.25) is 5.89 Å². The first-order chi connectivity index (χ1) is 10.2. The number of aromatic nitrogens is 2. The van der Waals surface area contributed by atoms with Gasteiger partial charge in [-0.15, -0.1) is 0 Å². The number of nitrogens with zero attached hydrogens (tertiary/aromatic N) is 2. The molecule has 1 aliphatic heterocycles. The van der Waals surface area contributed by atoms with E-state index < -0.39 is 0 Å². The summed E-state index contributed by atoms with van der Waals surface area (Å²) >= 11 is 11.9. The van der Waals surface area contributed by atoms with E-state index in [-0.39, 0.29) is 6.04 Å². The van der Waals surface area contributed by atoms with Gasteiger partial charge in [-0.05, 0) is 37.1 Å². The standard InChI is InChI=1S/C15H17Cl2N3O/c16-11-6-5-10(8-12(11)17)9-14-19-15(21-20-14)13-4-2-1-3-7-18-13/h5-6,8,13,18H,1-4,7,9H2. The molecule has 3 rings (SSSR count). The van der Waals surface area contributed by atoms with Crippen LogP contribution in [-0.2, 0) is 6.42 Å². The molecule has 2 heterocycles. The van der Waals surface area contributed by atoms with Crippen LogP contribution < -0.4 is 5.32 Å². The highest BCUT2D eigenvalue weighted by atomic mass is 35.5. The molecule has 1 atom stereocenters. The first-order valence-corrected chi connectivity index (χ1v) is 7.98. The van der Waals surface area contributed by atoms with Crippen molar-refractivity contribution in [2.24, 2.45) is 0 Å².